The minimum absolute atomic E-state index is 0.124. The first kappa shape index (κ1) is 14.8. The van der Waals surface area contributed by atoms with E-state index in [1.165, 1.54) is 18.3 Å². The van der Waals surface area contributed by atoms with Crippen molar-refractivity contribution in [3.8, 4) is 0 Å². The summed E-state index contributed by atoms with van der Waals surface area (Å²) in [5.41, 5.74) is 0. The monoisotopic (exact) mass is 294 g/mol. The molecule has 0 spiro atoms. The van der Waals surface area contributed by atoms with Gasteiger partial charge in [-0.1, -0.05) is 11.6 Å². The normalized spacial score (nSPS) is 12.7. The van der Waals surface area contributed by atoms with Crippen molar-refractivity contribution in [1.82, 2.24) is 9.71 Å². The highest BCUT2D eigenvalue weighted by Gasteiger charge is 2.21. The molecule has 1 aromatic heterocycles. The Morgan fingerprint density at radius 1 is 1.47 bits per heavy atom. The van der Waals surface area contributed by atoms with Gasteiger partial charge in [0.15, 0.2) is 0 Å². The van der Waals surface area contributed by atoms with E-state index >= 15 is 0 Å². The predicted octanol–water partition coefficient (Wildman–Crippen LogP) is 2.15. The second kappa shape index (κ2) is 5.56. The lowest BCUT2D eigenvalue weighted by Crippen LogP contribution is -2.36. The third-order valence-corrected chi connectivity index (χ3v) is 5.11. The highest BCUT2D eigenvalue weighted by atomic mass is 35.5. The molecule has 0 aliphatic rings. The number of nitrogens with zero attached hydrogens (tertiary/aromatic N) is 1. The molecule has 0 saturated carbocycles. The molecular formula is C10H15ClN2O2S2. The van der Waals surface area contributed by atoms with Crippen LogP contribution in [0.25, 0.3) is 0 Å². The van der Waals surface area contributed by atoms with Gasteiger partial charge in [0, 0.05) is 17.5 Å². The molecule has 0 bridgehead atoms. The van der Waals surface area contributed by atoms with Crippen molar-refractivity contribution in [1.29, 1.82) is 0 Å². The van der Waals surface area contributed by atoms with E-state index in [0.717, 1.165) is 0 Å². The second-order valence-corrected chi connectivity index (χ2v) is 7.77. The molecule has 1 N–H and O–H groups in total. The zero-order valence-corrected chi connectivity index (χ0v) is 12.3. The predicted molar refractivity (Wildman–Crippen MR) is 72.0 cm³/mol. The van der Waals surface area contributed by atoms with Crippen molar-refractivity contribution in [2.24, 2.45) is 0 Å². The van der Waals surface area contributed by atoms with Gasteiger partial charge in [0.05, 0.1) is 0 Å². The van der Waals surface area contributed by atoms with Gasteiger partial charge in [-0.25, -0.2) is 18.1 Å². The highest BCUT2D eigenvalue weighted by molar-refractivity contribution is 8.00. The number of hydrogen-bond donors (Lipinski definition) is 1. The molecule has 0 aromatic carbocycles. The van der Waals surface area contributed by atoms with Gasteiger partial charge in [-0.3, -0.25) is 0 Å². The van der Waals surface area contributed by atoms with E-state index in [2.05, 4.69) is 9.71 Å². The maximum atomic E-state index is 11.9. The Morgan fingerprint density at radius 2 is 2.12 bits per heavy atom. The van der Waals surface area contributed by atoms with Crippen molar-refractivity contribution in [2.45, 2.75) is 23.5 Å². The molecule has 17 heavy (non-hydrogen) atoms. The fourth-order valence-electron chi connectivity index (χ4n) is 0.946. The van der Waals surface area contributed by atoms with Gasteiger partial charge in [0.25, 0.3) is 0 Å². The molecular weight excluding hydrogens is 280 g/mol. The fraction of sp³-hybridized carbons (Fsp3) is 0.500. The summed E-state index contributed by atoms with van der Waals surface area (Å²) < 4.78 is 26.2. The SMILES string of the molecule is CSC(C)(C)CNS(=O)(=O)c1ccc(Cl)nc1. The first-order valence-corrected chi connectivity index (χ1v) is 8.02. The van der Waals surface area contributed by atoms with Crippen LogP contribution >= 0.6 is 23.4 Å². The van der Waals surface area contributed by atoms with Gasteiger partial charge in [-0.2, -0.15) is 11.8 Å². The van der Waals surface area contributed by atoms with Crippen molar-refractivity contribution < 1.29 is 8.42 Å². The van der Waals surface area contributed by atoms with E-state index in [9.17, 15) is 8.42 Å². The zero-order chi connectivity index (χ0) is 13.1. The molecule has 96 valence electrons. The molecule has 4 nitrogen and oxygen atoms in total. The van der Waals surface area contributed by atoms with Crippen LogP contribution in [0.15, 0.2) is 23.2 Å². The molecule has 0 saturated heterocycles. The van der Waals surface area contributed by atoms with Crippen LogP contribution in [0.1, 0.15) is 13.8 Å². The van der Waals surface area contributed by atoms with E-state index in [-0.39, 0.29) is 14.8 Å². The van der Waals surface area contributed by atoms with Crippen LogP contribution in [0.4, 0.5) is 0 Å². The number of pyridine rings is 1. The molecule has 7 heteroatoms. The highest BCUT2D eigenvalue weighted by Crippen LogP contribution is 2.20. The van der Waals surface area contributed by atoms with Gasteiger partial charge in [-0.05, 0) is 32.2 Å². The Bertz CT molecular complexity index is 472. The van der Waals surface area contributed by atoms with Crippen molar-refractivity contribution in [3.05, 3.63) is 23.5 Å². The minimum atomic E-state index is -3.50. The third-order valence-electron chi connectivity index (χ3n) is 2.25. The van der Waals surface area contributed by atoms with E-state index in [1.54, 1.807) is 11.8 Å². The molecule has 1 heterocycles. The molecule has 0 unspecified atom stereocenters. The summed E-state index contributed by atoms with van der Waals surface area (Å²) in [7, 11) is -3.50. The maximum absolute atomic E-state index is 11.9. The molecule has 0 radical (unpaired) electrons. The van der Waals surface area contributed by atoms with Crippen LogP contribution in [0.2, 0.25) is 5.15 Å². The van der Waals surface area contributed by atoms with Gasteiger partial charge in [0.1, 0.15) is 10.0 Å². The summed E-state index contributed by atoms with van der Waals surface area (Å²) in [5.74, 6) is 0. The Balaban J connectivity index is 2.79. The summed E-state index contributed by atoms with van der Waals surface area (Å²) in [6.45, 7) is 4.31. The Labute approximate surface area is 111 Å². The summed E-state index contributed by atoms with van der Waals surface area (Å²) in [5, 5.41) is 0.272. The van der Waals surface area contributed by atoms with E-state index in [1.807, 2.05) is 20.1 Å². The minimum Gasteiger partial charge on any atom is -0.243 e. The molecule has 0 amide bonds. The average Bonchev–Trinajstić information content (AvgIpc) is 2.27. The van der Waals surface area contributed by atoms with Crippen molar-refractivity contribution >= 4 is 33.4 Å². The topological polar surface area (TPSA) is 59.1 Å². The number of aromatic nitrogens is 1. The number of halogens is 1. The van der Waals surface area contributed by atoms with E-state index in [4.69, 9.17) is 11.6 Å². The number of thioether (sulfide) groups is 1. The Morgan fingerprint density at radius 3 is 2.59 bits per heavy atom. The fourth-order valence-corrected chi connectivity index (χ4v) is 2.52. The first-order valence-electron chi connectivity index (χ1n) is 4.93. The molecule has 1 rings (SSSR count). The van der Waals surface area contributed by atoms with Crippen LogP contribution in [-0.2, 0) is 10.0 Å². The van der Waals surface area contributed by atoms with Crippen LogP contribution in [-0.4, -0.2) is 30.9 Å². The smallest absolute Gasteiger partial charge is 0.242 e. The summed E-state index contributed by atoms with van der Waals surface area (Å²) in [6.07, 6.45) is 3.19. The van der Waals surface area contributed by atoms with Crippen LogP contribution in [0.3, 0.4) is 0 Å². The number of nitrogens with one attached hydrogen (secondary N) is 1. The van der Waals surface area contributed by atoms with Gasteiger partial charge < -0.3 is 0 Å². The maximum Gasteiger partial charge on any atom is 0.242 e. The zero-order valence-electron chi connectivity index (χ0n) is 9.90. The van der Waals surface area contributed by atoms with Crippen molar-refractivity contribution in [3.63, 3.8) is 0 Å². The molecule has 0 fully saturated rings. The summed E-state index contributed by atoms with van der Waals surface area (Å²) in [4.78, 5) is 3.87. The number of rotatable bonds is 5. The molecule has 0 atom stereocenters. The lowest BCUT2D eigenvalue weighted by Gasteiger charge is -2.22. The summed E-state index contributed by atoms with van der Waals surface area (Å²) in [6, 6.07) is 2.89. The van der Waals surface area contributed by atoms with E-state index < -0.39 is 10.0 Å². The lowest BCUT2D eigenvalue weighted by atomic mass is 10.2. The van der Waals surface area contributed by atoms with Crippen molar-refractivity contribution in [2.75, 3.05) is 12.8 Å². The van der Waals surface area contributed by atoms with E-state index in [0.29, 0.717) is 6.54 Å². The first-order chi connectivity index (χ1) is 7.77. The quantitative estimate of drug-likeness (QED) is 0.846. The third kappa shape index (κ3) is 4.46. The Hall–Kier alpha value is -0.300. The van der Waals surface area contributed by atoms with Gasteiger partial charge >= 0.3 is 0 Å². The van der Waals surface area contributed by atoms with Crippen LogP contribution in [0, 0.1) is 0 Å². The second-order valence-electron chi connectivity index (χ2n) is 4.10. The van der Waals surface area contributed by atoms with Crippen LogP contribution < -0.4 is 4.72 Å². The standard InChI is InChI=1S/C10H15ClN2O2S2/c1-10(2,16-3)7-13-17(14,15)8-4-5-9(11)12-6-8/h4-6,13H,7H2,1-3H3. The molecule has 1 aromatic rings. The molecule has 0 aliphatic carbocycles. The lowest BCUT2D eigenvalue weighted by molar-refractivity contribution is 0.570. The van der Waals surface area contributed by atoms with Gasteiger partial charge in [0.2, 0.25) is 10.0 Å². The largest absolute Gasteiger partial charge is 0.243 e. The van der Waals surface area contributed by atoms with Gasteiger partial charge in [-0.15, -0.1) is 0 Å². The summed E-state index contributed by atoms with van der Waals surface area (Å²) >= 11 is 7.21. The van der Waals surface area contributed by atoms with Crippen LogP contribution in [0.5, 0.6) is 0 Å². The Kier molecular flexibility index (Phi) is 4.83. The average molecular weight is 295 g/mol. The number of hydrogen-bond acceptors (Lipinski definition) is 4. The number of sulfonamides is 1. The molecule has 0 aliphatic heterocycles.